The Bertz CT molecular complexity index is 627. The van der Waals surface area contributed by atoms with Crippen LogP contribution >= 0.6 is 11.3 Å². The topological polar surface area (TPSA) is 57.9 Å². The van der Waals surface area contributed by atoms with Crippen molar-refractivity contribution in [3.05, 3.63) is 17.1 Å². The molecule has 0 bridgehead atoms. The zero-order valence-electron chi connectivity index (χ0n) is 22.8. The lowest BCUT2D eigenvalue weighted by molar-refractivity contribution is -0.692. The Morgan fingerprint density at radius 2 is 1.50 bits per heavy atom. The van der Waals surface area contributed by atoms with Gasteiger partial charge in [-0.3, -0.25) is 0 Å². The van der Waals surface area contributed by atoms with E-state index in [1.54, 1.807) is 11.3 Å². The van der Waals surface area contributed by atoms with E-state index in [9.17, 15) is 4.79 Å². The highest BCUT2D eigenvalue weighted by Gasteiger charge is 2.26. The van der Waals surface area contributed by atoms with E-state index in [0.29, 0.717) is 13.2 Å². The van der Waals surface area contributed by atoms with Gasteiger partial charge in [-0.15, -0.1) is 0 Å². The molecule has 2 atom stereocenters. The van der Waals surface area contributed by atoms with Gasteiger partial charge in [-0.05, 0) is 32.1 Å². The molecule has 2 heterocycles. The molecule has 2 rings (SSSR count). The standard InChI is InChI=1S/C29H52NO5S/c1-2-3-4-5-6-7-8-9-10-11-12-13-16-19-28-33-24-27(35-28)25-34-29(31)32-22-18-15-14-17-20-30-21-23-36-26-30/h21,23,26-28H,2-20,22,24-25H2,1H3/q+1/t27-,28+/m1/s1. The van der Waals surface area contributed by atoms with Gasteiger partial charge in [-0.2, -0.15) is 4.57 Å². The first-order valence-corrected chi connectivity index (χ1v) is 15.7. The maximum atomic E-state index is 11.8. The zero-order valence-corrected chi connectivity index (χ0v) is 23.7. The summed E-state index contributed by atoms with van der Waals surface area (Å²) in [7, 11) is 0. The fourth-order valence-electron chi connectivity index (χ4n) is 4.57. The number of nitrogens with zero attached hydrogens (tertiary/aromatic N) is 1. The summed E-state index contributed by atoms with van der Waals surface area (Å²) in [5.74, 6) is 0. The molecule has 1 aliphatic heterocycles. The van der Waals surface area contributed by atoms with E-state index in [4.69, 9.17) is 18.9 Å². The van der Waals surface area contributed by atoms with Crippen molar-refractivity contribution in [2.45, 2.75) is 141 Å². The highest BCUT2D eigenvalue weighted by Crippen LogP contribution is 2.19. The Morgan fingerprint density at radius 3 is 2.17 bits per heavy atom. The highest BCUT2D eigenvalue weighted by atomic mass is 32.1. The molecule has 0 saturated carbocycles. The SMILES string of the molecule is CCCCCCCCCCCCCCC[C@H]1OC[C@H](COC(=O)OCCCCCC[n+]2ccsc2)O1. The quantitative estimate of drug-likeness (QED) is 0.0822. The maximum Gasteiger partial charge on any atom is 0.508 e. The van der Waals surface area contributed by atoms with Gasteiger partial charge in [-0.1, -0.05) is 95.3 Å². The van der Waals surface area contributed by atoms with Crippen molar-refractivity contribution in [2.75, 3.05) is 19.8 Å². The van der Waals surface area contributed by atoms with E-state index in [2.05, 4.69) is 28.6 Å². The number of hydrogen-bond acceptors (Lipinski definition) is 6. The molecule has 1 saturated heterocycles. The average molecular weight is 527 g/mol. The summed E-state index contributed by atoms with van der Waals surface area (Å²) in [5, 5.41) is 2.09. The third kappa shape index (κ3) is 16.5. The molecule has 1 aliphatic rings. The molecule has 0 unspecified atom stereocenters. The smallest absolute Gasteiger partial charge is 0.434 e. The van der Waals surface area contributed by atoms with Crippen LogP contribution in [0.15, 0.2) is 17.1 Å². The van der Waals surface area contributed by atoms with Crippen LogP contribution < -0.4 is 4.57 Å². The number of aromatic nitrogens is 1. The number of thiazole rings is 1. The van der Waals surface area contributed by atoms with Gasteiger partial charge in [0.2, 0.25) is 5.51 Å². The summed E-state index contributed by atoms with van der Waals surface area (Å²) in [4.78, 5) is 11.8. The van der Waals surface area contributed by atoms with Crippen LogP contribution in [0.1, 0.15) is 122 Å². The van der Waals surface area contributed by atoms with Crippen LogP contribution in [-0.2, 0) is 25.5 Å². The third-order valence-electron chi connectivity index (χ3n) is 6.80. The molecule has 6 nitrogen and oxygen atoms in total. The van der Waals surface area contributed by atoms with Crippen molar-refractivity contribution in [1.29, 1.82) is 0 Å². The Balaban J connectivity index is 1.31. The Morgan fingerprint density at radius 1 is 0.861 bits per heavy atom. The van der Waals surface area contributed by atoms with Crippen LogP contribution in [-0.4, -0.2) is 38.4 Å². The summed E-state index contributed by atoms with van der Waals surface area (Å²) in [6.45, 7) is 4.42. The predicted molar refractivity (Wildman–Crippen MR) is 145 cm³/mol. The molecule has 0 radical (unpaired) electrons. The predicted octanol–water partition coefficient (Wildman–Crippen LogP) is 7.97. The van der Waals surface area contributed by atoms with Crippen LogP contribution in [0.5, 0.6) is 0 Å². The highest BCUT2D eigenvalue weighted by molar-refractivity contribution is 7.07. The third-order valence-corrected chi connectivity index (χ3v) is 7.47. The minimum atomic E-state index is -0.604. The van der Waals surface area contributed by atoms with Crippen molar-refractivity contribution in [3.8, 4) is 0 Å². The van der Waals surface area contributed by atoms with Crippen molar-refractivity contribution >= 4 is 17.5 Å². The lowest BCUT2D eigenvalue weighted by atomic mass is 10.0. The minimum Gasteiger partial charge on any atom is -0.434 e. The molecule has 1 fully saturated rings. The molecule has 0 amide bonds. The van der Waals surface area contributed by atoms with Gasteiger partial charge in [0.05, 0.1) is 18.6 Å². The lowest BCUT2D eigenvalue weighted by Gasteiger charge is -2.12. The molecule has 208 valence electrons. The fraction of sp³-hybridized carbons (Fsp3) is 0.862. The van der Waals surface area contributed by atoms with E-state index in [0.717, 1.165) is 45.1 Å². The number of rotatable bonds is 23. The number of ether oxygens (including phenoxy) is 4. The van der Waals surface area contributed by atoms with Gasteiger partial charge in [0.1, 0.15) is 19.3 Å². The maximum absolute atomic E-state index is 11.8. The second-order valence-electron chi connectivity index (χ2n) is 10.1. The fourth-order valence-corrected chi connectivity index (χ4v) is 5.20. The van der Waals surface area contributed by atoms with E-state index < -0.39 is 6.16 Å². The van der Waals surface area contributed by atoms with Gasteiger partial charge in [0, 0.05) is 6.42 Å². The molecular formula is C29H52NO5S+. The first-order chi connectivity index (χ1) is 17.8. The van der Waals surface area contributed by atoms with Gasteiger partial charge in [0.15, 0.2) is 12.5 Å². The largest absolute Gasteiger partial charge is 0.508 e. The van der Waals surface area contributed by atoms with Crippen LogP contribution in [0.2, 0.25) is 0 Å². The summed E-state index contributed by atoms with van der Waals surface area (Å²) >= 11 is 1.71. The van der Waals surface area contributed by atoms with Crippen LogP contribution in [0, 0.1) is 0 Å². The normalized spacial score (nSPS) is 17.5. The van der Waals surface area contributed by atoms with Crippen LogP contribution in [0.4, 0.5) is 4.79 Å². The second kappa shape index (κ2) is 21.9. The van der Waals surface area contributed by atoms with Gasteiger partial charge < -0.3 is 18.9 Å². The molecule has 0 N–H and O–H groups in total. The molecule has 7 heteroatoms. The molecule has 1 aromatic heterocycles. The zero-order chi connectivity index (χ0) is 25.5. The minimum absolute atomic E-state index is 0.158. The second-order valence-corrected chi connectivity index (χ2v) is 10.9. The number of hydrogen-bond donors (Lipinski definition) is 0. The first kappa shape index (κ1) is 31.0. The Kier molecular flexibility index (Phi) is 18.9. The van der Waals surface area contributed by atoms with Crippen LogP contribution in [0.25, 0.3) is 0 Å². The van der Waals surface area contributed by atoms with E-state index in [-0.39, 0.29) is 19.0 Å². The van der Waals surface area contributed by atoms with Crippen molar-refractivity contribution < 1.29 is 28.3 Å². The average Bonchev–Trinajstić information content (AvgIpc) is 3.57. The molecule has 1 aromatic rings. The van der Waals surface area contributed by atoms with Gasteiger partial charge >= 0.3 is 6.16 Å². The van der Waals surface area contributed by atoms with Crippen LogP contribution in [0.3, 0.4) is 0 Å². The van der Waals surface area contributed by atoms with E-state index >= 15 is 0 Å². The van der Waals surface area contributed by atoms with Crippen molar-refractivity contribution in [1.82, 2.24) is 0 Å². The van der Waals surface area contributed by atoms with Gasteiger partial charge in [-0.25, -0.2) is 4.79 Å². The molecular weight excluding hydrogens is 474 g/mol. The molecule has 0 spiro atoms. The van der Waals surface area contributed by atoms with Gasteiger partial charge in [0.25, 0.3) is 0 Å². The monoisotopic (exact) mass is 526 g/mol. The summed E-state index contributed by atoms with van der Waals surface area (Å²) in [6.07, 6.45) is 23.9. The number of unbranched alkanes of at least 4 members (excludes halogenated alkanes) is 15. The summed E-state index contributed by atoms with van der Waals surface area (Å²) in [6, 6.07) is 0. The number of carbonyl (C=O) groups is 1. The number of carbonyl (C=O) groups excluding carboxylic acids is 1. The lowest BCUT2D eigenvalue weighted by Crippen LogP contribution is -2.29. The Labute approximate surface area is 224 Å². The molecule has 36 heavy (non-hydrogen) atoms. The molecule has 0 aliphatic carbocycles. The van der Waals surface area contributed by atoms with Crippen molar-refractivity contribution in [3.63, 3.8) is 0 Å². The Hall–Kier alpha value is -1.18. The first-order valence-electron chi connectivity index (χ1n) is 14.8. The summed E-state index contributed by atoms with van der Waals surface area (Å²) in [5.41, 5.74) is 2.13. The number of aryl methyl sites for hydroxylation is 1. The molecule has 0 aromatic carbocycles. The van der Waals surface area contributed by atoms with Crippen molar-refractivity contribution in [2.24, 2.45) is 0 Å². The van der Waals surface area contributed by atoms with E-state index in [1.165, 1.54) is 77.0 Å². The summed E-state index contributed by atoms with van der Waals surface area (Å²) < 4.78 is 24.2. The van der Waals surface area contributed by atoms with E-state index in [1.807, 2.05) is 0 Å².